The molecule has 2 aromatic rings. The molecule has 2 aromatic heterocycles. The van der Waals surface area contributed by atoms with Crippen LogP contribution in [0.25, 0.3) is 5.82 Å². The highest BCUT2D eigenvalue weighted by Crippen LogP contribution is 2.11. The van der Waals surface area contributed by atoms with Gasteiger partial charge in [0.15, 0.2) is 0 Å². The molecule has 0 aliphatic heterocycles. The molecule has 0 atom stereocenters. The van der Waals surface area contributed by atoms with Crippen LogP contribution in [0, 0.1) is 13.8 Å². The van der Waals surface area contributed by atoms with E-state index in [1.165, 1.54) is 5.56 Å². The van der Waals surface area contributed by atoms with E-state index in [0.29, 0.717) is 0 Å². The second-order valence-corrected chi connectivity index (χ2v) is 4.10. The fourth-order valence-corrected chi connectivity index (χ4v) is 1.84. The molecule has 0 amide bonds. The van der Waals surface area contributed by atoms with Gasteiger partial charge in [-0.1, -0.05) is 6.92 Å². The van der Waals surface area contributed by atoms with Crippen molar-refractivity contribution in [3.05, 3.63) is 41.6 Å². The van der Waals surface area contributed by atoms with Crippen molar-refractivity contribution in [2.45, 2.75) is 27.3 Å². The topological polar surface area (TPSA) is 42.7 Å². The van der Waals surface area contributed by atoms with Crippen molar-refractivity contribution in [2.24, 2.45) is 0 Å². The number of pyridine rings is 1. The molecule has 0 aliphatic rings. The van der Waals surface area contributed by atoms with E-state index in [9.17, 15) is 0 Å². The van der Waals surface area contributed by atoms with Crippen LogP contribution in [-0.4, -0.2) is 21.1 Å². The number of hydrogen-bond donors (Lipinski definition) is 1. The fraction of sp³-hybridized carbons (Fsp3) is 0.385. The van der Waals surface area contributed by atoms with Gasteiger partial charge >= 0.3 is 0 Å². The van der Waals surface area contributed by atoms with Crippen molar-refractivity contribution in [1.29, 1.82) is 0 Å². The van der Waals surface area contributed by atoms with E-state index in [1.807, 2.05) is 24.6 Å². The highest BCUT2D eigenvalue weighted by atomic mass is 15.1. The number of nitrogens with one attached hydrogen (secondary N) is 1. The van der Waals surface area contributed by atoms with Gasteiger partial charge in [0.2, 0.25) is 0 Å². The van der Waals surface area contributed by atoms with Gasteiger partial charge in [0.05, 0.1) is 0 Å². The average Bonchev–Trinajstić information content (AvgIpc) is 2.72. The predicted molar refractivity (Wildman–Crippen MR) is 68.2 cm³/mol. The molecule has 0 unspecified atom stereocenters. The first kappa shape index (κ1) is 11.8. The number of imidazole rings is 1. The van der Waals surface area contributed by atoms with Gasteiger partial charge in [-0.25, -0.2) is 9.97 Å². The molecule has 2 rings (SSSR count). The summed E-state index contributed by atoms with van der Waals surface area (Å²) in [6.45, 7) is 7.95. The van der Waals surface area contributed by atoms with Gasteiger partial charge in [0.25, 0.3) is 0 Å². The Kier molecular flexibility index (Phi) is 3.54. The summed E-state index contributed by atoms with van der Waals surface area (Å²) < 4.78 is 2.00. The minimum absolute atomic E-state index is 0.876. The minimum Gasteiger partial charge on any atom is -0.313 e. The molecular formula is C13H18N4. The van der Waals surface area contributed by atoms with Gasteiger partial charge in [0, 0.05) is 24.6 Å². The van der Waals surface area contributed by atoms with Crippen LogP contribution in [0.3, 0.4) is 0 Å². The van der Waals surface area contributed by atoms with E-state index < -0.39 is 0 Å². The average molecular weight is 230 g/mol. The lowest BCUT2D eigenvalue weighted by molar-refractivity contribution is 0.723. The third-order valence-electron chi connectivity index (χ3n) is 2.65. The van der Waals surface area contributed by atoms with Crippen molar-refractivity contribution >= 4 is 0 Å². The first-order valence-electron chi connectivity index (χ1n) is 5.89. The highest BCUT2D eigenvalue weighted by Gasteiger charge is 2.04. The highest BCUT2D eigenvalue weighted by molar-refractivity contribution is 5.32. The predicted octanol–water partition coefficient (Wildman–Crippen LogP) is 1.99. The normalized spacial score (nSPS) is 10.8. The molecule has 17 heavy (non-hydrogen) atoms. The van der Waals surface area contributed by atoms with Crippen LogP contribution >= 0.6 is 0 Å². The third kappa shape index (κ3) is 2.71. The quantitative estimate of drug-likeness (QED) is 0.873. The van der Waals surface area contributed by atoms with E-state index in [-0.39, 0.29) is 0 Å². The molecule has 0 fully saturated rings. The molecule has 4 heteroatoms. The Labute approximate surface area is 102 Å². The number of rotatable bonds is 4. The van der Waals surface area contributed by atoms with Crippen molar-refractivity contribution in [2.75, 3.05) is 6.54 Å². The van der Waals surface area contributed by atoms with Gasteiger partial charge in [0.1, 0.15) is 11.6 Å². The van der Waals surface area contributed by atoms with Crippen LogP contribution in [-0.2, 0) is 6.54 Å². The van der Waals surface area contributed by atoms with Crippen LogP contribution < -0.4 is 5.32 Å². The number of aromatic nitrogens is 3. The summed E-state index contributed by atoms with van der Waals surface area (Å²) in [6, 6.07) is 4.21. The number of hydrogen-bond acceptors (Lipinski definition) is 3. The summed E-state index contributed by atoms with van der Waals surface area (Å²) in [7, 11) is 0. The van der Waals surface area contributed by atoms with Gasteiger partial charge in [-0.2, -0.15) is 0 Å². The molecule has 1 N–H and O–H groups in total. The smallest absolute Gasteiger partial charge is 0.138 e. The summed E-state index contributed by atoms with van der Waals surface area (Å²) in [5.74, 6) is 1.89. The Hall–Kier alpha value is -1.68. The van der Waals surface area contributed by atoms with E-state index in [1.54, 1.807) is 6.20 Å². The van der Waals surface area contributed by atoms with E-state index in [2.05, 4.69) is 34.3 Å². The summed E-state index contributed by atoms with van der Waals surface area (Å²) >= 11 is 0. The molecule has 0 radical (unpaired) electrons. The molecule has 0 saturated carbocycles. The summed E-state index contributed by atoms with van der Waals surface area (Å²) in [6.07, 6.45) is 3.73. The van der Waals surface area contributed by atoms with E-state index >= 15 is 0 Å². The molecule has 0 aromatic carbocycles. The SMILES string of the molecule is CCNCc1cc(C)nc(-n2ccnc2C)c1. The Bertz CT molecular complexity index is 502. The second kappa shape index (κ2) is 5.10. The molecular weight excluding hydrogens is 212 g/mol. The van der Waals surface area contributed by atoms with Crippen molar-refractivity contribution in [1.82, 2.24) is 19.9 Å². The lowest BCUT2D eigenvalue weighted by Crippen LogP contribution is -2.13. The molecule has 0 aliphatic carbocycles. The largest absolute Gasteiger partial charge is 0.313 e. The van der Waals surface area contributed by atoms with Gasteiger partial charge in [-0.3, -0.25) is 4.57 Å². The van der Waals surface area contributed by atoms with Crippen molar-refractivity contribution in [3.8, 4) is 5.82 Å². The first-order valence-corrected chi connectivity index (χ1v) is 5.89. The summed E-state index contributed by atoms with van der Waals surface area (Å²) in [5.41, 5.74) is 2.28. The zero-order valence-electron chi connectivity index (χ0n) is 10.6. The van der Waals surface area contributed by atoms with Crippen LogP contribution in [0.4, 0.5) is 0 Å². The van der Waals surface area contributed by atoms with E-state index in [0.717, 1.165) is 30.4 Å². The van der Waals surface area contributed by atoms with Crippen molar-refractivity contribution < 1.29 is 0 Å². The maximum Gasteiger partial charge on any atom is 0.138 e. The summed E-state index contributed by atoms with van der Waals surface area (Å²) in [4.78, 5) is 8.76. The van der Waals surface area contributed by atoms with Crippen LogP contribution in [0.15, 0.2) is 24.5 Å². The Balaban J connectivity index is 2.35. The Morgan fingerprint density at radius 1 is 1.29 bits per heavy atom. The molecule has 4 nitrogen and oxygen atoms in total. The lowest BCUT2D eigenvalue weighted by Gasteiger charge is -2.09. The Morgan fingerprint density at radius 3 is 2.76 bits per heavy atom. The lowest BCUT2D eigenvalue weighted by atomic mass is 10.2. The molecule has 90 valence electrons. The number of aryl methyl sites for hydroxylation is 2. The summed E-state index contributed by atoms with van der Waals surface area (Å²) in [5, 5.41) is 3.33. The zero-order valence-corrected chi connectivity index (χ0v) is 10.6. The molecule has 0 saturated heterocycles. The van der Waals surface area contributed by atoms with E-state index in [4.69, 9.17) is 0 Å². The van der Waals surface area contributed by atoms with Gasteiger partial charge < -0.3 is 5.32 Å². The van der Waals surface area contributed by atoms with Crippen LogP contribution in [0.2, 0.25) is 0 Å². The van der Waals surface area contributed by atoms with Gasteiger partial charge in [-0.05, 0) is 38.1 Å². The monoisotopic (exact) mass is 230 g/mol. The third-order valence-corrected chi connectivity index (χ3v) is 2.65. The Morgan fingerprint density at radius 2 is 2.12 bits per heavy atom. The van der Waals surface area contributed by atoms with Crippen LogP contribution in [0.1, 0.15) is 24.0 Å². The second-order valence-electron chi connectivity index (χ2n) is 4.10. The van der Waals surface area contributed by atoms with Crippen LogP contribution in [0.5, 0.6) is 0 Å². The zero-order chi connectivity index (χ0) is 12.3. The maximum absolute atomic E-state index is 4.54. The maximum atomic E-state index is 4.54. The number of nitrogens with zero attached hydrogens (tertiary/aromatic N) is 3. The molecule has 2 heterocycles. The molecule has 0 bridgehead atoms. The fourth-order valence-electron chi connectivity index (χ4n) is 1.84. The molecule has 0 spiro atoms. The first-order chi connectivity index (χ1) is 8.20. The standard InChI is InChI=1S/C13H18N4/c1-4-14-9-12-7-10(2)16-13(8-12)17-6-5-15-11(17)3/h5-8,14H,4,9H2,1-3H3. The van der Waals surface area contributed by atoms with Gasteiger partial charge in [-0.15, -0.1) is 0 Å². The van der Waals surface area contributed by atoms with Crippen molar-refractivity contribution in [3.63, 3.8) is 0 Å². The minimum atomic E-state index is 0.876.